The van der Waals surface area contributed by atoms with E-state index in [-0.39, 0.29) is 11.8 Å². The van der Waals surface area contributed by atoms with Crippen LogP contribution in [0.15, 0.2) is 6.33 Å². The predicted octanol–water partition coefficient (Wildman–Crippen LogP) is 1.71. The van der Waals surface area contributed by atoms with Crippen LogP contribution >= 0.6 is 0 Å². The van der Waals surface area contributed by atoms with Crippen LogP contribution in [0.25, 0.3) is 0 Å². The fourth-order valence-electron chi connectivity index (χ4n) is 2.00. The number of anilines is 2. The van der Waals surface area contributed by atoms with Gasteiger partial charge < -0.3 is 10.6 Å². The Bertz CT molecular complexity index is 531. The second-order valence-corrected chi connectivity index (χ2v) is 7.15. The van der Waals surface area contributed by atoms with Gasteiger partial charge in [-0.15, -0.1) is 0 Å². The highest BCUT2D eigenvalue weighted by molar-refractivity contribution is 7.90. The number of aromatic nitrogens is 2. The third kappa shape index (κ3) is 5.32. The second-order valence-electron chi connectivity index (χ2n) is 4.97. The van der Waals surface area contributed by atoms with Gasteiger partial charge in [-0.2, -0.15) is 0 Å². The fourth-order valence-corrected chi connectivity index (χ4v) is 2.99. The molecule has 1 aromatic rings. The molecule has 0 spiro atoms. The van der Waals surface area contributed by atoms with Crippen molar-refractivity contribution in [2.45, 2.75) is 39.7 Å². The zero-order valence-electron chi connectivity index (χ0n) is 12.6. The second kappa shape index (κ2) is 7.42. The minimum atomic E-state index is -3.01. The monoisotopic (exact) mass is 300 g/mol. The Kier molecular flexibility index (Phi) is 6.19. The third-order valence-electron chi connectivity index (χ3n) is 2.78. The molecule has 20 heavy (non-hydrogen) atoms. The van der Waals surface area contributed by atoms with E-state index in [1.807, 2.05) is 13.8 Å². The van der Waals surface area contributed by atoms with Gasteiger partial charge in [-0.1, -0.05) is 13.8 Å². The molecule has 1 heterocycles. The lowest BCUT2D eigenvalue weighted by Gasteiger charge is -2.18. The molecule has 114 valence electrons. The number of rotatable bonds is 8. The van der Waals surface area contributed by atoms with Crippen molar-refractivity contribution in [1.29, 1.82) is 0 Å². The lowest BCUT2D eigenvalue weighted by Crippen LogP contribution is -2.26. The molecule has 0 fully saturated rings. The molecule has 6 nitrogen and oxygen atoms in total. The molecule has 0 aliphatic carbocycles. The smallest absolute Gasteiger partial charge is 0.149 e. The molecule has 1 unspecified atom stereocenters. The highest BCUT2D eigenvalue weighted by atomic mass is 32.2. The molecule has 1 aromatic heterocycles. The summed E-state index contributed by atoms with van der Waals surface area (Å²) in [7, 11) is -3.01. The first-order valence-electron chi connectivity index (χ1n) is 6.89. The van der Waals surface area contributed by atoms with Gasteiger partial charge in [0.2, 0.25) is 0 Å². The lowest BCUT2D eigenvalue weighted by molar-refractivity contribution is 0.598. The van der Waals surface area contributed by atoms with Crippen LogP contribution in [0.5, 0.6) is 0 Å². The first-order valence-corrected chi connectivity index (χ1v) is 8.95. The van der Waals surface area contributed by atoms with Crippen molar-refractivity contribution in [2.75, 3.05) is 29.2 Å². The Morgan fingerprint density at radius 3 is 2.45 bits per heavy atom. The van der Waals surface area contributed by atoms with Crippen LogP contribution in [0.2, 0.25) is 0 Å². The van der Waals surface area contributed by atoms with E-state index in [2.05, 4.69) is 27.5 Å². The maximum Gasteiger partial charge on any atom is 0.149 e. The molecule has 0 aliphatic rings. The van der Waals surface area contributed by atoms with Crippen molar-refractivity contribution in [3.8, 4) is 0 Å². The number of sulfone groups is 1. The SMILES string of the molecule is CCCNc1ncnc(NC(C)CS(C)(=O)=O)c1CC. The molecule has 0 saturated heterocycles. The fraction of sp³-hybridized carbons (Fsp3) is 0.692. The van der Waals surface area contributed by atoms with Crippen LogP contribution in [0, 0.1) is 0 Å². The van der Waals surface area contributed by atoms with Gasteiger partial charge in [0, 0.05) is 24.4 Å². The molecular formula is C13H24N4O2S. The molecule has 7 heteroatoms. The zero-order valence-corrected chi connectivity index (χ0v) is 13.4. The molecule has 0 bridgehead atoms. The summed E-state index contributed by atoms with van der Waals surface area (Å²) in [5.74, 6) is 1.60. The van der Waals surface area contributed by atoms with Crippen LogP contribution in [-0.2, 0) is 16.3 Å². The van der Waals surface area contributed by atoms with E-state index >= 15 is 0 Å². The largest absolute Gasteiger partial charge is 0.370 e. The van der Waals surface area contributed by atoms with Gasteiger partial charge in [-0.25, -0.2) is 18.4 Å². The van der Waals surface area contributed by atoms with E-state index in [1.54, 1.807) is 0 Å². The minimum Gasteiger partial charge on any atom is -0.370 e. The van der Waals surface area contributed by atoms with Crippen molar-refractivity contribution in [3.05, 3.63) is 11.9 Å². The Hall–Kier alpha value is -1.37. The molecule has 0 saturated carbocycles. The average molecular weight is 300 g/mol. The highest BCUT2D eigenvalue weighted by Crippen LogP contribution is 2.21. The predicted molar refractivity (Wildman–Crippen MR) is 83.0 cm³/mol. The quantitative estimate of drug-likeness (QED) is 0.760. The van der Waals surface area contributed by atoms with Crippen LogP contribution in [0.3, 0.4) is 0 Å². The number of hydrogen-bond donors (Lipinski definition) is 2. The van der Waals surface area contributed by atoms with Gasteiger partial charge in [0.05, 0.1) is 5.75 Å². The van der Waals surface area contributed by atoms with Crippen molar-refractivity contribution in [3.63, 3.8) is 0 Å². The third-order valence-corrected chi connectivity index (χ3v) is 3.88. The first kappa shape index (κ1) is 16.7. The highest BCUT2D eigenvalue weighted by Gasteiger charge is 2.14. The summed E-state index contributed by atoms with van der Waals surface area (Å²) in [4.78, 5) is 8.48. The van der Waals surface area contributed by atoms with Crippen LogP contribution in [-0.4, -0.2) is 43.0 Å². The number of hydrogen-bond acceptors (Lipinski definition) is 6. The van der Waals surface area contributed by atoms with Crippen LogP contribution in [0.1, 0.15) is 32.8 Å². The normalized spacial score (nSPS) is 13.0. The summed E-state index contributed by atoms with van der Waals surface area (Å²) >= 11 is 0. The summed E-state index contributed by atoms with van der Waals surface area (Å²) in [5.41, 5.74) is 0.987. The average Bonchev–Trinajstić information content (AvgIpc) is 2.34. The van der Waals surface area contributed by atoms with E-state index < -0.39 is 9.84 Å². The van der Waals surface area contributed by atoms with Crippen molar-refractivity contribution < 1.29 is 8.42 Å². The standard InChI is InChI=1S/C13H24N4O2S/c1-5-7-14-12-11(6-2)13(16-9-15-12)17-10(3)8-20(4,18)19/h9-10H,5-8H2,1-4H3,(H2,14,15,16,17). The van der Waals surface area contributed by atoms with Crippen LogP contribution in [0.4, 0.5) is 11.6 Å². The lowest BCUT2D eigenvalue weighted by atomic mass is 10.2. The van der Waals surface area contributed by atoms with Gasteiger partial charge in [-0.05, 0) is 19.8 Å². The summed E-state index contributed by atoms with van der Waals surface area (Å²) in [5, 5.41) is 6.43. The summed E-state index contributed by atoms with van der Waals surface area (Å²) in [6, 6.07) is -0.191. The van der Waals surface area contributed by atoms with E-state index in [0.717, 1.165) is 30.8 Å². The Morgan fingerprint density at radius 1 is 1.25 bits per heavy atom. The molecular weight excluding hydrogens is 276 g/mol. The Labute approximate surface area is 121 Å². The van der Waals surface area contributed by atoms with Gasteiger partial charge in [-0.3, -0.25) is 0 Å². The summed E-state index contributed by atoms with van der Waals surface area (Å²) in [6.07, 6.45) is 4.52. The minimum absolute atomic E-state index is 0.0812. The van der Waals surface area contributed by atoms with Crippen LogP contribution < -0.4 is 10.6 Å². The van der Waals surface area contributed by atoms with Gasteiger partial charge in [0.1, 0.15) is 27.8 Å². The summed E-state index contributed by atoms with van der Waals surface area (Å²) < 4.78 is 22.6. The zero-order chi connectivity index (χ0) is 15.2. The topological polar surface area (TPSA) is 84.0 Å². The Balaban J connectivity index is 2.89. The van der Waals surface area contributed by atoms with Crippen molar-refractivity contribution in [1.82, 2.24) is 9.97 Å². The molecule has 0 radical (unpaired) electrons. The molecule has 0 amide bonds. The van der Waals surface area contributed by atoms with E-state index in [4.69, 9.17) is 0 Å². The molecule has 0 aliphatic heterocycles. The van der Waals surface area contributed by atoms with Crippen molar-refractivity contribution >= 4 is 21.5 Å². The first-order chi connectivity index (χ1) is 9.37. The number of nitrogens with one attached hydrogen (secondary N) is 2. The summed E-state index contributed by atoms with van der Waals surface area (Å²) in [6.45, 7) is 6.81. The van der Waals surface area contributed by atoms with E-state index in [0.29, 0.717) is 5.82 Å². The Morgan fingerprint density at radius 2 is 1.90 bits per heavy atom. The maximum absolute atomic E-state index is 11.3. The van der Waals surface area contributed by atoms with E-state index in [9.17, 15) is 8.42 Å². The maximum atomic E-state index is 11.3. The van der Waals surface area contributed by atoms with Gasteiger partial charge in [0.15, 0.2) is 0 Å². The molecule has 2 N–H and O–H groups in total. The molecule has 1 rings (SSSR count). The molecule has 1 atom stereocenters. The van der Waals surface area contributed by atoms with E-state index in [1.165, 1.54) is 12.6 Å². The molecule has 0 aromatic carbocycles. The number of nitrogens with zero attached hydrogens (tertiary/aromatic N) is 2. The van der Waals surface area contributed by atoms with Gasteiger partial charge >= 0.3 is 0 Å². The van der Waals surface area contributed by atoms with Crippen molar-refractivity contribution in [2.24, 2.45) is 0 Å². The van der Waals surface area contributed by atoms with Gasteiger partial charge in [0.25, 0.3) is 0 Å².